The maximum Gasteiger partial charge on any atom is 0.122 e. The number of allylic oxidation sites excluding steroid dienone is 2. The van der Waals surface area contributed by atoms with Gasteiger partial charge >= 0.3 is 0 Å². The molecule has 3 heteroatoms. The first-order chi connectivity index (χ1) is 9.83. The van der Waals surface area contributed by atoms with Gasteiger partial charge < -0.3 is 9.72 Å². The van der Waals surface area contributed by atoms with E-state index in [4.69, 9.17) is 4.74 Å². The zero-order valence-corrected chi connectivity index (χ0v) is 12.1. The van der Waals surface area contributed by atoms with E-state index in [1.165, 1.54) is 22.3 Å². The Morgan fingerprint density at radius 3 is 2.90 bits per heavy atom. The number of methoxy groups -OCH3 is 1. The van der Waals surface area contributed by atoms with Crippen molar-refractivity contribution in [3.05, 3.63) is 53.1 Å². The largest absolute Gasteiger partial charge is 0.496 e. The molecule has 0 saturated heterocycles. The Kier molecular flexibility index (Phi) is 3.59. The molecule has 0 saturated carbocycles. The highest BCUT2D eigenvalue weighted by molar-refractivity contribution is 5.75. The average molecular weight is 268 g/mol. The third-order valence-electron chi connectivity index (χ3n) is 4.08. The van der Waals surface area contributed by atoms with Crippen LogP contribution >= 0.6 is 0 Å². The van der Waals surface area contributed by atoms with Gasteiger partial charge in [0.05, 0.1) is 19.1 Å². The maximum absolute atomic E-state index is 5.51. The van der Waals surface area contributed by atoms with Crippen LogP contribution in [0.1, 0.15) is 36.6 Å². The molecule has 0 fully saturated rings. The van der Waals surface area contributed by atoms with E-state index in [0.29, 0.717) is 0 Å². The molecule has 1 aromatic carbocycles. The molecule has 104 valence electrons. The van der Waals surface area contributed by atoms with Gasteiger partial charge in [-0.2, -0.15) is 0 Å². The van der Waals surface area contributed by atoms with Gasteiger partial charge in [0.1, 0.15) is 5.75 Å². The van der Waals surface area contributed by atoms with E-state index >= 15 is 0 Å². The van der Waals surface area contributed by atoms with Crippen LogP contribution < -0.4 is 4.74 Å². The number of benzene rings is 1. The molecule has 1 aliphatic carbocycles. The molecule has 3 rings (SSSR count). The van der Waals surface area contributed by atoms with Crippen molar-refractivity contribution >= 4 is 5.57 Å². The van der Waals surface area contributed by atoms with Gasteiger partial charge in [-0.05, 0) is 36.5 Å². The highest BCUT2D eigenvalue weighted by Crippen LogP contribution is 2.38. The molecule has 0 atom stereocenters. The fourth-order valence-electron chi connectivity index (χ4n) is 3.16. The Hall–Kier alpha value is -2.03. The molecule has 1 aliphatic rings. The van der Waals surface area contributed by atoms with Gasteiger partial charge in [0.2, 0.25) is 0 Å². The Morgan fingerprint density at radius 2 is 2.20 bits per heavy atom. The van der Waals surface area contributed by atoms with Crippen molar-refractivity contribution in [3.8, 4) is 5.75 Å². The molecular formula is C17H20N2O. The van der Waals surface area contributed by atoms with Gasteiger partial charge in [0.25, 0.3) is 0 Å². The van der Waals surface area contributed by atoms with E-state index in [-0.39, 0.29) is 0 Å². The fraction of sp³-hybridized carbons (Fsp3) is 0.353. The second kappa shape index (κ2) is 5.53. The van der Waals surface area contributed by atoms with Crippen LogP contribution in [-0.4, -0.2) is 17.1 Å². The highest BCUT2D eigenvalue weighted by atomic mass is 16.5. The van der Waals surface area contributed by atoms with Crippen LogP contribution in [0.2, 0.25) is 0 Å². The number of hydrogen-bond acceptors (Lipinski definition) is 2. The van der Waals surface area contributed by atoms with E-state index in [1.807, 2.05) is 6.20 Å². The zero-order valence-electron chi connectivity index (χ0n) is 12.1. The number of aromatic nitrogens is 2. The summed E-state index contributed by atoms with van der Waals surface area (Å²) < 4.78 is 5.51. The van der Waals surface area contributed by atoms with Crippen LogP contribution in [0, 0.1) is 0 Å². The lowest BCUT2D eigenvalue weighted by atomic mass is 9.82. The standard InChI is InChI=1S/C17H20N2O/c1-3-14-12(9-13-10-18-11-19-13)7-8-16-15(14)5-4-6-17(16)20-2/h4-6,10-11H,3,7-9H2,1-2H3,(H,18,19). The first-order valence-electron chi connectivity index (χ1n) is 7.18. The van der Waals surface area contributed by atoms with Gasteiger partial charge in [-0.15, -0.1) is 0 Å². The van der Waals surface area contributed by atoms with Crippen molar-refractivity contribution in [3.63, 3.8) is 0 Å². The first kappa shape index (κ1) is 13.0. The number of fused-ring (bicyclic) bond motifs is 1. The van der Waals surface area contributed by atoms with Crippen molar-refractivity contribution in [2.24, 2.45) is 0 Å². The molecule has 1 N–H and O–H groups in total. The van der Waals surface area contributed by atoms with Crippen molar-refractivity contribution in [2.75, 3.05) is 7.11 Å². The van der Waals surface area contributed by atoms with Crippen LogP contribution in [0.25, 0.3) is 5.57 Å². The predicted octanol–water partition coefficient (Wildman–Crippen LogP) is 3.77. The van der Waals surface area contributed by atoms with Crippen LogP contribution in [0.4, 0.5) is 0 Å². The molecule has 0 unspecified atom stereocenters. The lowest BCUT2D eigenvalue weighted by molar-refractivity contribution is 0.409. The van der Waals surface area contributed by atoms with Gasteiger partial charge in [-0.25, -0.2) is 4.98 Å². The van der Waals surface area contributed by atoms with Crippen molar-refractivity contribution in [1.82, 2.24) is 9.97 Å². The van der Waals surface area contributed by atoms with Crippen LogP contribution in [-0.2, 0) is 12.8 Å². The molecule has 1 aromatic heterocycles. The maximum atomic E-state index is 5.51. The summed E-state index contributed by atoms with van der Waals surface area (Å²) in [5.41, 5.74) is 6.83. The van der Waals surface area contributed by atoms with Crippen LogP contribution in [0.3, 0.4) is 0 Å². The summed E-state index contributed by atoms with van der Waals surface area (Å²) in [7, 11) is 1.75. The highest BCUT2D eigenvalue weighted by Gasteiger charge is 2.20. The molecule has 20 heavy (non-hydrogen) atoms. The molecule has 0 bridgehead atoms. The number of nitrogens with one attached hydrogen (secondary N) is 1. The quantitative estimate of drug-likeness (QED) is 0.916. The third kappa shape index (κ3) is 2.24. The SMILES string of the molecule is CCC1=C(Cc2c[nH]cn2)CCc2c(OC)cccc21. The zero-order chi connectivity index (χ0) is 13.9. The molecule has 0 spiro atoms. The first-order valence-corrected chi connectivity index (χ1v) is 7.18. The molecule has 0 amide bonds. The number of imidazole rings is 1. The third-order valence-corrected chi connectivity index (χ3v) is 4.08. The summed E-state index contributed by atoms with van der Waals surface area (Å²) in [6.07, 6.45) is 7.90. The summed E-state index contributed by atoms with van der Waals surface area (Å²) in [4.78, 5) is 7.39. The van der Waals surface area contributed by atoms with Gasteiger partial charge in [-0.1, -0.05) is 24.6 Å². The topological polar surface area (TPSA) is 37.9 Å². The van der Waals surface area contributed by atoms with Gasteiger partial charge in [0.15, 0.2) is 0 Å². The predicted molar refractivity (Wildman–Crippen MR) is 80.8 cm³/mol. The number of rotatable bonds is 4. The second-order valence-corrected chi connectivity index (χ2v) is 5.16. The Labute approximate surface area is 119 Å². The summed E-state index contributed by atoms with van der Waals surface area (Å²) in [5, 5.41) is 0. The summed E-state index contributed by atoms with van der Waals surface area (Å²) >= 11 is 0. The number of aromatic amines is 1. The van der Waals surface area contributed by atoms with E-state index in [1.54, 1.807) is 13.4 Å². The Morgan fingerprint density at radius 1 is 1.30 bits per heavy atom. The van der Waals surface area contributed by atoms with Gasteiger partial charge in [0, 0.05) is 18.2 Å². The smallest absolute Gasteiger partial charge is 0.122 e. The Balaban J connectivity index is 2.03. The van der Waals surface area contributed by atoms with E-state index < -0.39 is 0 Å². The molecule has 1 heterocycles. The van der Waals surface area contributed by atoms with E-state index in [2.05, 4.69) is 35.1 Å². The number of nitrogens with zero attached hydrogens (tertiary/aromatic N) is 1. The lowest BCUT2D eigenvalue weighted by Gasteiger charge is -2.24. The normalized spacial score (nSPS) is 14.3. The monoisotopic (exact) mass is 268 g/mol. The number of H-pyrrole nitrogens is 1. The van der Waals surface area contributed by atoms with E-state index in [0.717, 1.165) is 37.1 Å². The summed E-state index contributed by atoms with van der Waals surface area (Å²) in [6, 6.07) is 6.37. The molecule has 0 radical (unpaired) electrons. The Bertz CT molecular complexity index is 626. The molecular weight excluding hydrogens is 248 g/mol. The molecule has 2 aromatic rings. The van der Waals surface area contributed by atoms with Gasteiger partial charge in [-0.3, -0.25) is 0 Å². The minimum Gasteiger partial charge on any atom is -0.496 e. The average Bonchev–Trinajstić information content (AvgIpc) is 2.99. The van der Waals surface area contributed by atoms with Crippen molar-refractivity contribution < 1.29 is 4.74 Å². The minimum absolute atomic E-state index is 0.948. The summed E-state index contributed by atoms with van der Waals surface area (Å²) in [6.45, 7) is 2.23. The lowest BCUT2D eigenvalue weighted by Crippen LogP contribution is -2.08. The van der Waals surface area contributed by atoms with Crippen LogP contribution in [0.15, 0.2) is 36.3 Å². The molecule has 3 nitrogen and oxygen atoms in total. The van der Waals surface area contributed by atoms with Crippen LogP contribution in [0.5, 0.6) is 5.75 Å². The fourth-order valence-corrected chi connectivity index (χ4v) is 3.16. The number of ether oxygens (including phenoxy) is 1. The van der Waals surface area contributed by atoms with E-state index in [9.17, 15) is 0 Å². The number of hydrogen-bond donors (Lipinski definition) is 1. The second-order valence-electron chi connectivity index (χ2n) is 5.16. The van der Waals surface area contributed by atoms with Crippen molar-refractivity contribution in [2.45, 2.75) is 32.6 Å². The van der Waals surface area contributed by atoms with Crippen molar-refractivity contribution in [1.29, 1.82) is 0 Å². The summed E-state index contributed by atoms with van der Waals surface area (Å²) in [5.74, 6) is 1.02. The minimum atomic E-state index is 0.948. The molecule has 0 aliphatic heterocycles.